The average Bonchev–Trinajstić information content (AvgIpc) is 2.60. The molecule has 0 saturated carbocycles. The molecule has 25 heavy (non-hydrogen) atoms. The van der Waals surface area contributed by atoms with Gasteiger partial charge in [0.1, 0.15) is 4.90 Å². The highest BCUT2D eigenvalue weighted by atomic mass is 35.5. The largest absolute Gasteiger partial charge is 0.452 e. The van der Waals surface area contributed by atoms with E-state index in [9.17, 15) is 18.0 Å². The first-order valence-corrected chi connectivity index (χ1v) is 9.72. The summed E-state index contributed by atoms with van der Waals surface area (Å²) in [4.78, 5) is 24.8. The van der Waals surface area contributed by atoms with Crippen molar-refractivity contribution in [2.24, 2.45) is 0 Å². The van der Waals surface area contributed by atoms with Crippen LogP contribution in [0.3, 0.4) is 0 Å². The van der Waals surface area contributed by atoms with Crippen LogP contribution in [0.25, 0.3) is 0 Å². The van der Waals surface area contributed by atoms with E-state index in [2.05, 4.69) is 0 Å². The van der Waals surface area contributed by atoms with Crippen LogP contribution < -0.4 is 0 Å². The molecule has 138 valence electrons. The predicted molar refractivity (Wildman–Crippen MR) is 93.0 cm³/mol. The fourth-order valence-corrected chi connectivity index (χ4v) is 4.43. The van der Waals surface area contributed by atoms with E-state index in [-0.39, 0.29) is 21.4 Å². The number of hydrogen-bond acceptors (Lipinski definition) is 5. The zero-order valence-electron chi connectivity index (χ0n) is 14.2. The minimum absolute atomic E-state index is 0.0338. The average molecular weight is 389 g/mol. The lowest BCUT2D eigenvalue weighted by molar-refractivity contribution is -0.131. The maximum atomic E-state index is 12.8. The SMILES string of the molecule is CN(C)C(=O)COC(=O)c1ccc(Cl)c(S(=O)(=O)N2CCCCC2)c1. The Bertz CT molecular complexity index is 758. The van der Waals surface area contributed by atoms with Gasteiger partial charge in [0, 0.05) is 27.2 Å². The van der Waals surface area contributed by atoms with E-state index in [0.717, 1.165) is 19.3 Å². The highest BCUT2D eigenvalue weighted by molar-refractivity contribution is 7.89. The number of sulfonamides is 1. The number of amides is 1. The number of carbonyl (C=O) groups excluding carboxylic acids is 2. The van der Waals surface area contributed by atoms with E-state index in [1.807, 2.05) is 0 Å². The van der Waals surface area contributed by atoms with Gasteiger partial charge in [0.2, 0.25) is 10.0 Å². The van der Waals surface area contributed by atoms with Crippen molar-refractivity contribution < 1.29 is 22.7 Å². The Morgan fingerprint density at radius 3 is 2.44 bits per heavy atom. The summed E-state index contributed by atoms with van der Waals surface area (Å²) >= 11 is 6.05. The number of carbonyl (C=O) groups is 2. The van der Waals surface area contributed by atoms with Gasteiger partial charge in [-0.1, -0.05) is 18.0 Å². The minimum Gasteiger partial charge on any atom is -0.452 e. The molecule has 0 N–H and O–H groups in total. The molecule has 1 aliphatic rings. The van der Waals surface area contributed by atoms with Crippen LogP contribution in [0.15, 0.2) is 23.1 Å². The van der Waals surface area contributed by atoms with Crippen molar-refractivity contribution >= 4 is 33.5 Å². The molecular weight excluding hydrogens is 368 g/mol. The molecule has 1 heterocycles. The molecular formula is C16H21ClN2O5S. The predicted octanol–water partition coefficient (Wildman–Crippen LogP) is 1.76. The van der Waals surface area contributed by atoms with Gasteiger partial charge >= 0.3 is 5.97 Å². The zero-order valence-corrected chi connectivity index (χ0v) is 15.8. The molecule has 0 atom stereocenters. The Kier molecular flexibility index (Phi) is 6.42. The summed E-state index contributed by atoms with van der Waals surface area (Å²) in [6.07, 6.45) is 2.59. The molecule has 9 heteroatoms. The van der Waals surface area contributed by atoms with Gasteiger partial charge in [0.05, 0.1) is 10.6 Å². The lowest BCUT2D eigenvalue weighted by Gasteiger charge is -2.26. The molecule has 1 aromatic rings. The molecule has 1 saturated heterocycles. The fraction of sp³-hybridized carbons (Fsp3) is 0.500. The van der Waals surface area contributed by atoms with E-state index in [1.165, 1.54) is 27.4 Å². The van der Waals surface area contributed by atoms with Gasteiger partial charge in [0.15, 0.2) is 6.61 Å². The monoisotopic (exact) mass is 388 g/mol. The van der Waals surface area contributed by atoms with Crippen molar-refractivity contribution in [3.8, 4) is 0 Å². The minimum atomic E-state index is -3.77. The van der Waals surface area contributed by atoms with Crippen molar-refractivity contribution in [3.63, 3.8) is 0 Å². The molecule has 0 aromatic heterocycles. The topological polar surface area (TPSA) is 84.0 Å². The van der Waals surface area contributed by atoms with Crippen LogP contribution in [0.5, 0.6) is 0 Å². The van der Waals surface area contributed by atoms with E-state index in [1.54, 1.807) is 14.1 Å². The molecule has 1 aliphatic heterocycles. The van der Waals surface area contributed by atoms with E-state index in [4.69, 9.17) is 16.3 Å². The number of ether oxygens (including phenoxy) is 1. The lowest BCUT2D eigenvalue weighted by atomic mass is 10.2. The standard InChI is InChI=1S/C16H21ClN2O5S/c1-18(2)15(20)11-24-16(21)12-6-7-13(17)14(10-12)25(22,23)19-8-4-3-5-9-19/h6-7,10H,3-5,8-9,11H2,1-2H3. The molecule has 0 aliphatic carbocycles. The molecule has 0 bridgehead atoms. The van der Waals surface area contributed by atoms with Crippen molar-refractivity contribution in [1.29, 1.82) is 0 Å². The van der Waals surface area contributed by atoms with E-state index < -0.39 is 22.6 Å². The first-order valence-electron chi connectivity index (χ1n) is 7.90. The van der Waals surface area contributed by atoms with E-state index >= 15 is 0 Å². The number of nitrogens with zero attached hydrogens (tertiary/aromatic N) is 2. The number of benzene rings is 1. The van der Waals surface area contributed by atoms with Gasteiger partial charge in [-0.15, -0.1) is 0 Å². The van der Waals surface area contributed by atoms with Crippen molar-refractivity contribution in [2.75, 3.05) is 33.8 Å². The second-order valence-electron chi connectivity index (χ2n) is 5.97. The first kappa shape index (κ1) is 19.7. The first-order chi connectivity index (χ1) is 11.7. The van der Waals surface area contributed by atoms with Gasteiger partial charge in [-0.3, -0.25) is 4.79 Å². The zero-order chi connectivity index (χ0) is 18.6. The number of piperidine rings is 1. The Morgan fingerprint density at radius 2 is 1.84 bits per heavy atom. The van der Waals surface area contributed by atoms with Gasteiger partial charge in [-0.2, -0.15) is 4.31 Å². The molecule has 1 amide bonds. The number of rotatable bonds is 5. The maximum absolute atomic E-state index is 12.8. The fourth-order valence-electron chi connectivity index (χ4n) is 2.41. The maximum Gasteiger partial charge on any atom is 0.338 e. The van der Waals surface area contributed by atoms with Gasteiger partial charge in [-0.25, -0.2) is 13.2 Å². The third kappa shape index (κ3) is 4.71. The van der Waals surface area contributed by atoms with Gasteiger partial charge in [-0.05, 0) is 31.0 Å². The molecule has 1 fully saturated rings. The van der Waals surface area contributed by atoms with Crippen LogP contribution in [0.1, 0.15) is 29.6 Å². The summed E-state index contributed by atoms with van der Waals surface area (Å²) in [5, 5.41) is 0.0477. The highest BCUT2D eigenvalue weighted by Gasteiger charge is 2.29. The second kappa shape index (κ2) is 8.16. The van der Waals surface area contributed by atoms with Crippen LogP contribution in [0.2, 0.25) is 5.02 Å². The van der Waals surface area contributed by atoms with Gasteiger partial charge < -0.3 is 9.64 Å². The molecule has 0 unspecified atom stereocenters. The summed E-state index contributed by atoms with van der Waals surface area (Å²) in [5.74, 6) is -1.15. The Labute approximate surface area is 152 Å². The molecule has 0 radical (unpaired) electrons. The number of likely N-dealkylation sites (N-methyl/N-ethyl adjacent to an activating group) is 1. The molecule has 7 nitrogen and oxygen atoms in total. The Hall–Kier alpha value is -1.64. The highest BCUT2D eigenvalue weighted by Crippen LogP contribution is 2.28. The summed E-state index contributed by atoms with van der Waals surface area (Å²) in [5.41, 5.74) is 0.0338. The number of hydrogen-bond donors (Lipinski definition) is 0. The van der Waals surface area contributed by atoms with Crippen LogP contribution in [0, 0.1) is 0 Å². The Balaban J connectivity index is 2.22. The smallest absolute Gasteiger partial charge is 0.338 e. The number of esters is 1. The van der Waals surface area contributed by atoms with Crippen molar-refractivity contribution in [1.82, 2.24) is 9.21 Å². The third-order valence-electron chi connectivity index (χ3n) is 3.93. The van der Waals surface area contributed by atoms with Crippen LogP contribution in [-0.4, -0.2) is 63.3 Å². The normalized spacial score (nSPS) is 15.6. The van der Waals surface area contributed by atoms with Crippen LogP contribution in [0.4, 0.5) is 0 Å². The summed E-state index contributed by atoms with van der Waals surface area (Å²) in [6.45, 7) is 0.456. The summed E-state index contributed by atoms with van der Waals surface area (Å²) in [6, 6.07) is 3.93. The van der Waals surface area contributed by atoms with Crippen molar-refractivity contribution in [3.05, 3.63) is 28.8 Å². The summed E-state index contributed by atoms with van der Waals surface area (Å²) < 4.78 is 31.8. The quantitative estimate of drug-likeness (QED) is 0.717. The molecule has 2 rings (SSSR count). The van der Waals surface area contributed by atoms with Crippen LogP contribution in [-0.2, 0) is 19.6 Å². The number of halogens is 1. The molecule has 1 aromatic carbocycles. The third-order valence-corrected chi connectivity index (χ3v) is 6.31. The second-order valence-corrected chi connectivity index (χ2v) is 8.29. The van der Waals surface area contributed by atoms with Crippen molar-refractivity contribution in [2.45, 2.75) is 24.2 Å². The molecule has 0 spiro atoms. The van der Waals surface area contributed by atoms with Crippen LogP contribution >= 0.6 is 11.6 Å². The van der Waals surface area contributed by atoms with Gasteiger partial charge in [0.25, 0.3) is 5.91 Å². The summed E-state index contributed by atoms with van der Waals surface area (Å²) in [7, 11) is -0.688. The lowest BCUT2D eigenvalue weighted by Crippen LogP contribution is -2.35. The Morgan fingerprint density at radius 1 is 1.20 bits per heavy atom. The van der Waals surface area contributed by atoms with E-state index in [0.29, 0.717) is 13.1 Å².